The highest BCUT2D eigenvalue weighted by Crippen LogP contribution is 2.36. The van der Waals surface area contributed by atoms with Crippen LogP contribution in [0.2, 0.25) is 0 Å². The summed E-state index contributed by atoms with van der Waals surface area (Å²) in [7, 11) is 0. The first kappa shape index (κ1) is 52.2. The molecule has 0 spiro atoms. The number of carbonyl (C=O) groups is 4. The van der Waals surface area contributed by atoms with Gasteiger partial charge in [-0.15, -0.1) is 0 Å². The maximum Gasteiger partial charge on any atom is 0.303 e. The van der Waals surface area contributed by atoms with Gasteiger partial charge < -0.3 is 29.2 Å². The number of morpholine rings is 2. The number of hydrogen-bond acceptors (Lipinski definition) is 10. The summed E-state index contributed by atoms with van der Waals surface area (Å²) in [6.07, 6.45) is 13.4. The number of benzene rings is 4. The monoisotopic (exact) mass is 955 g/mol. The number of ether oxygens (including phenoxy) is 4. The fourth-order valence-corrected chi connectivity index (χ4v) is 10.2. The maximum atomic E-state index is 13.1. The van der Waals surface area contributed by atoms with Crippen LogP contribution in [-0.4, -0.2) is 120 Å². The first-order chi connectivity index (χ1) is 34.2. The van der Waals surface area contributed by atoms with Gasteiger partial charge in [-0.25, -0.2) is 0 Å². The molecule has 2 unspecified atom stereocenters. The van der Waals surface area contributed by atoms with Crippen LogP contribution in [0.3, 0.4) is 0 Å². The van der Waals surface area contributed by atoms with Crippen molar-refractivity contribution >= 4 is 23.5 Å². The van der Waals surface area contributed by atoms with Crippen molar-refractivity contribution in [3.63, 3.8) is 0 Å². The van der Waals surface area contributed by atoms with Gasteiger partial charge in [-0.1, -0.05) is 133 Å². The summed E-state index contributed by atoms with van der Waals surface area (Å²) < 4.78 is 23.7. The van der Waals surface area contributed by atoms with Gasteiger partial charge in [-0.05, 0) is 71.9 Å². The van der Waals surface area contributed by atoms with Gasteiger partial charge in [-0.3, -0.25) is 29.0 Å². The summed E-state index contributed by atoms with van der Waals surface area (Å²) in [5, 5.41) is 17.6. The number of hydrogen-bond donors (Lipinski definition) is 2. The molecule has 2 heterocycles. The SMILES string of the molecule is O=C(O)CC/C=C\CC[C@@H]1C(N2CCOCC2)C(=O)C[C@@H]1OCc1ccc(-c2ccccc2)cc1.O=C(O)CCC/C=C\C[C@@H]1C(N2CCOCC2)C(=O)C[C@@H]1OCc1ccc(-c2ccccc2)cc1. The lowest BCUT2D eigenvalue weighted by molar-refractivity contribution is -0.138. The Morgan fingerprint density at radius 1 is 0.529 bits per heavy atom. The Morgan fingerprint density at radius 3 is 1.44 bits per heavy atom. The lowest BCUT2D eigenvalue weighted by Gasteiger charge is -2.35. The molecule has 4 fully saturated rings. The summed E-state index contributed by atoms with van der Waals surface area (Å²) >= 11 is 0. The van der Waals surface area contributed by atoms with E-state index in [9.17, 15) is 19.2 Å². The van der Waals surface area contributed by atoms with Crippen LogP contribution in [0.1, 0.15) is 75.3 Å². The van der Waals surface area contributed by atoms with E-state index >= 15 is 0 Å². The lowest BCUT2D eigenvalue weighted by Crippen LogP contribution is -2.49. The number of Topliss-reactive ketones (excluding diaryl/α,β-unsaturated/α-hetero) is 2. The summed E-state index contributed by atoms with van der Waals surface area (Å²) in [6.45, 7) is 6.66. The van der Waals surface area contributed by atoms with Crippen LogP contribution in [0.15, 0.2) is 133 Å². The van der Waals surface area contributed by atoms with Gasteiger partial charge >= 0.3 is 11.9 Å². The second kappa shape index (κ2) is 27.7. The van der Waals surface area contributed by atoms with Crippen molar-refractivity contribution in [2.75, 3.05) is 52.6 Å². The van der Waals surface area contributed by atoms with Gasteiger partial charge in [0.1, 0.15) is 0 Å². The van der Waals surface area contributed by atoms with Gasteiger partial charge in [0.05, 0.1) is 63.9 Å². The van der Waals surface area contributed by atoms with E-state index in [-0.39, 0.29) is 60.5 Å². The van der Waals surface area contributed by atoms with Gasteiger partial charge in [0, 0.05) is 63.7 Å². The van der Waals surface area contributed by atoms with Crippen molar-refractivity contribution in [2.45, 2.75) is 102 Å². The van der Waals surface area contributed by atoms with Crippen LogP contribution in [0, 0.1) is 11.8 Å². The predicted molar refractivity (Wildman–Crippen MR) is 270 cm³/mol. The fraction of sp³-hybridized carbons (Fsp3) is 0.448. The molecule has 2 aliphatic heterocycles. The standard InChI is InChI=1S/2C29H35NO5/c2*31-26-20-27(35-21-22-12-14-24(15-13-22)23-8-4-3-5-9-23)25(10-6-1-2-7-11-28(32)33)29(26)30-16-18-34-19-17-30/h1,3-6,8-9,12-15,25,27,29H,2,7,10-11,16-21H2,(H,32,33);1-5,8-9,12-15,25,27,29H,6-7,10-11,16-21H2,(H,32,33)/b6-1-;2-1-/t2*25-,27-,29?/m00/s1. The third kappa shape index (κ3) is 15.7. The fourth-order valence-electron chi connectivity index (χ4n) is 10.2. The second-order valence-corrected chi connectivity index (χ2v) is 18.7. The molecule has 0 bridgehead atoms. The number of ketones is 2. The molecule has 2 N–H and O–H groups in total. The van der Waals surface area contributed by atoms with E-state index in [1.165, 1.54) is 22.3 Å². The quantitative estimate of drug-likeness (QED) is 0.0570. The molecular formula is C58H70N2O10. The summed E-state index contributed by atoms with van der Waals surface area (Å²) in [6, 6.07) is 37.1. The Kier molecular flexibility index (Phi) is 20.7. The Balaban J connectivity index is 0.000000206. The van der Waals surface area contributed by atoms with Crippen LogP contribution in [0.5, 0.6) is 0 Å². The minimum absolute atomic E-state index is 0.0833. The minimum Gasteiger partial charge on any atom is -0.481 e. The molecule has 372 valence electrons. The first-order valence-corrected chi connectivity index (χ1v) is 25.2. The largest absolute Gasteiger partial charge is 0.481 e. The number of nitrogens with zero attached hydrogens (tertiary/aromatic N) is 2. The summed E-state index contributed by atoms with van der Waals surface area (Å²) in [5.74, 6) is -0.837. The molecule has 2 saturated heterocycles. The van der Waals surface area contributed by atoms with Crippen LogP contribution in [0.25, 0.3) is 22.3 Å². The summed E-state index contributed by atoms with van der Waals surface area (Å²) in [5.41, 5.74) is 6.90. The number of carboxylic acids is 2. The van der Waals surface area contributed by atoms with Crippen molar-refractivity contribution in [1.29, 1.82) is 0 Å². The molecule has 12 heteroatoms. The molecule has 2 saturated carbocycles. The average molecular weight is 955 g/mol. The normalized spacial score (nSPS) is 23.2. The highest BCUT2D eigenvalue weighted by atomic mass is 16.5. The third-order valence-corrected chi connectivity index (χ3v) is 13.9. The summed E-state index contributed by atoms with van der Waals surface area (Å²) in [4.78, 5) is 52.1. The molecule has 4 aromatic rings. The molecule has 0 aromatic heterocycles. The van der Waals surface area contributed by atoms with E-state index in [1.807, 2.05) is 54.6 Å². The van der Waals surface area contributed by atoms with Crippen LogP contribution in [0.4, 0.5) is 0 Å². The van der Waals surface area contributed by atoms with E-state index in [0.29, 0.717) is 65.3 Å². The smallest absolute Gasteiger partial charge is 0.303 e. The van der Waals surface area contributed by atoms with E-state index in [1.54, 1.807) is 0 Å². The highest BCUT2D eigenvalue weighted by molar-refractivity contribution is 5.88. The van der Waals surface area contributed by atoms with E-state index < -0.39 is 11.9 Å². The Hall–Kier alpha value is -5.60. The van der Waals surface area contributed by atoms with Gasteiger partial charge in [0.2, 0.25) is 0 Å². The average Bonchev–Trinajstić information content (AvgIpc) is 3.89. The Bertz CT molecular complexity index is 2290. The zero-order valence-corrected chi connectivity index (χ0v) is 40.4. The molecule has 8 rings (SSSR count). The number of carbonyl (C=O) groups excluding carboxylic acids is 2. The molecule has 2 aliphatic carbocycles. The maximum absolute atomic E-state index is 13.1. The van der Waals surface area contributed by atoms with Crippen LogP contribution < -0.4 is 0 Å². The minimum atomic E-state index is -0.784. The third-order valence-electron chi connectivity index (χ3n) is 13.9. The zero-order chi connectivity index (χ0) is 48.9. The van der Waals surface area contributed by atoms with Crippen LogP contribution in [-0.2, 0) is 51.3 Å². The van der Waals surface area contributed by atoms with Crippen molar-refractivity contribution < 1.29 is 48.3 Å². The molecule has 4 aliphatic rings. The number of aliphatic carboxylic acids is 2. The number of unbranched alkanes of at least 4 members (excludes halogenated alkanes) is 1. The van der Waals surface area contributed by atoms with Gasteiger partial charge in [-0.2, -0.15) is 0 Å². The molecule has 70 heavy (non-hydrogen) atoms. The number of allylic oxidation sites excluding steroid dienone is 4. The van der Waals surface area contributed by atoms with Gasteiger partial charge in [0.25, 0.3) is 0 Å². The van der Waals surface area contributed by atoms with E-state index in [0.717, 1.165) is 63.0 Å². The second-order valence-electron chi connectivity index (χ2n) is 18.7. The Labute approximate surface area is 413 Å². The van der Waals surface area contributed by atoms with Gasteiger partial charge in [0.15, 0.2) is 11.6 Å². The number of rotatable bonds is 22. The van der Waals surface area contributed by atoms with Crippen molar-refractivity contribution in [1.82, 2.24) is 9.80 Å². The topological polar surface area (TPSA) is 152 Å². The lowest BCUT2D eigenvalue weighted by atomic mass is 9.93. The van der Waals surface area contributed by atoms with Crippen molar-refractivity contribution in [3.05, 3.63) is 145 Å². The molecule has 0 amide bonds. The molecule has 6 atom stereocenters. The van der Waals surface area contributed by atoms with Crippen molar-refractivity contribution in [3.8, 4) is 22.3 Å². The number of carboxylic acid groups (broad SMARTS) is 2. The van der Waals surface area contributed by atoms with E-state index in [4.69, 9.17) is 29.2 Å². The Morgan fingerprint density at radius 2 is 0.957 bits per heavy atom. The van der Waals surface area contributed by atoms with Crippen molar-refractivity contribution in [2.24, 2.45) is 11.8 Å². The molecule has 4 aromatic carbocycles. The molecule has 0 radical (unpaired) electrons. The zero-order valence-electron chi connectivity index (χ0n) is 40.4. The highest BCUT2D eigenvalue weighted by Gasteiger charge is 2.47. The molecular weight excluding hydrogens is 885 g/mol. The molecule has 12 nitrogen and oxygen atoms in total. The first-order valence-electron chi connectivity index (χ1n) is 25.2. The predicted octanol–water partition coefficient (Wildman–Crippen LogP) is 9.46. The van der Waals surface area contributed by atoms with E-state index in [2.05, 4.69) is 88.7 Å². The van der Waals surface area contributed by atoms with Crippen LogP contribution >= 0.6 is 0 Å².